The zero-order valence-corrected chi connectivity index (χ0v) is 11.9. The van der Waals surface area contributed by atoms with Gasteiger partial charge in [0.05, 0.1) is 0 Å². The van der Waals surface area contributed by atoms with Gasteiger partial charge in [-0.1, -0.05) is 75.5 Å². The van der Waals surface area contributed by atoms with Gasteiger partial charge in [0.25, 0.3) is 0 Å². The minimum absolute atomic E-state index is 0.690. The first-order chi connectivity index (χ1) is 8.24. The maximum Gasteiger partial charge on any atom is 0.0484 e. The fourth-order valence-corrected chi connectivity index (χ4v) is 2.59. The largest absolute Gasteiger partial charge is 0.0923 e. The lowest BCUT2D eigenvalue weighted by Gasteiger charge is -2.10. The van der Waals surface area contributed by atoms with Crippen LogP contribution in [0, 0.1) is 0 Å². The average molecular weight is 328 g/mol. The van der Waals surface area contributed by atoms with Gasteiger partial charge in [-0.3, -0.25) is 0 Å². The maximum atomic E-state index is 6.19. The van der Waals surface area contributed by atoms with Gasteiger partial charge < -0.3 is 0 Å². The first-order valence-electron chi connectivity index (χ1n) is 5.04. The maximum absolute atomic E-state index is 6.19. The first-order valence-corrected chi connectivity index (χ1v) is 6.65. The molecular formula is C14H9BrCl2. The lowest BCUT2D eigenvalue weighted by Crippen LogP contribution is -1.89. The predicted octanol–water partition coefficient (Wildman–Crippen LogP) is 5.73. The zero-order valence-electron chi connectivity index (χ0n) is 8.83. The van der Waals surface area contributed by atoms with Crippen LogP contribution < -0.4 is 0 Å². The van der Waals surface area contributed by atoms with Gasteiger partial charge in [-0.15, -0.1) is 0 Å². The Hall–Kier alpha value is -0.760. The second-order valence-corrected chi connectivity index (χ2v) is 4.96. The van der Waals surface area contributed by atoms with Crippen molar-refractivity contribution >= 4 is 44.7 Å². The molecule has 0 heterocycles. The number of hydrogen-bond acceptors (Lipinski definition) is 0. The topological polar surface area (TPSA) is 0 Å². The molecule has 17 heavy (non-hydrogen) atoms. The quantitative estimate of drug-likeness (QED) is 0.660. The summed E-state index contributed by atoms with van der Waals surface area (Å²) in [7, 11) is 0. The molecule has 0 fully saturated rings. The van der Waals surface area contributed by atoms with Crippen LogP contribution in [-0.2, 0) is 0 Å². The molecule has 0 aliphatic carbocycles. The Morgan fingerprint density at radius 1 is 0.941 bits per heavy atom. The van der Waals surface area contributed by atoms with Crippen molar-refractivity contribution in [1.29, 1.82) is 0 Å². The molecule has 2 aromatic rings. The van der Waals surface area contributed by atoms with E-state index < -0.39 is 0 Å². The number of benzene rings is 2. The van der Waals surface area contributed by atoms with E-state index in [9.17, 15) is 0 Å². The van der Waals surface area contributed by atoms with Crippen molar-refractivity contribution in [3.63, 3.8) is 0 Å². The summed E-state index contributed by atoms with van der Waals surface area (Å²) >= 11 is 15.6. The Labute approximate surface area is 119 Å². The molecule has 3 heteroatoms. The zero-order chi connectivity index (χ0) is 12.3. The van der Waals surface area contributed by atoms with E-state index in [1.807, 2.05) is 48.5 Å². The summed E-state index contributed by atoms with van der Waals surface area (Å²) in [5.41, 5.74) is 4.41. The molecule has 0 unspecified atom stereocenters. The summed E-state index contributed by atoms with van der Waals surface area (Å²) in [6.07, 6.45) is 0. The Kier molecular flexibility index (Phi) is 4.27. The van der Waals surface area contributed by atoms with Gasteiger partial charge in [0.1, 0.15) is 0 Å². The van der Waals surface area contributed by atoms with E-state index in [1.54, 1.807) is 5.54 Å². The van der Waals surface area contributed by atoms with Crippen molar-refractivity contribution in [3.05, 3.63) is 74.7 Å². The average Bonchev–Trinajstić information content (AvgIpc) is 2.34. The van der Waals surface area contributed by atoms with Gasteiger partial charge in [-0.25, -0.2) is 0 Å². The third-order valence-electron chi connectivity index (χ3n) is 2.44. The molecule has 0 amide bonds. The van der Waals surface area contributed by atoms with Crippen molar-refractivity contribution in [2.75, 3.05) is 0 Å². The normalized spacial score (nSPS) is 11.6. The third kappa shape index (κ3) is 2.74. The van der Waals surface area contributed by atoms with Gasteiger partial charge in [0, 0.05) is 26.2 Å². The van der Waals surface area contributed by atoms with Crippen molar-refractivity contribution in [1.82, 2.24) is 0 Å². The summed E-state index contributed by atoms with van der Waals surface area (Å²) in [5.74, 6) is 0. The molecule has 2 rings (SSSR count). The Balaban J connectivity index is 2.57. The lowest BCUT2D eigenvalue weighted by atomic mass is 10.00. The summed E-state index contributed by atoms with van der Waals surface area (Å²) < 4.78 is 0.992. The van der Waals surface area contributed by atoms with Gasteiger partial charge in [0.15, 0.2) is 0 Å². The van der Waals surface area contributed by atoms with E-state index in [2.05, 4.69) is 15.9 Å². The van der Waals surface area contributed by atoms with Gasteiger partial charge in [0.2, 0.25) is 0 Å². The third-order valence-corrected chi connectivity index (χ3v) is 3.68. The summed E-state index contributed by atoms with van der Waals surface area (Å²) in [6, 6.07) is 15.6. The number of hydrogen-bond donors (Lipinski definition) is 0. The second-order valence-electron chi connectivity index (χ2n) is 3.48. The molecule has 0 saturated carbocycles. The SMILES string of the molecule is ClC=C(c1ccccc1Cl)c1ccccc1Br. The smallest absolute Gasteiger partial charge is 0.0484 e. The number of halogens is 3. The molecule has 0 nitrogen and oxygen atoms in total. The number of rotatable bonds is 2. The molecule has 0 spiro atoms. The first kappa shape index (κ1) is 12.7. The van der Waals surface area contributed by atoms with Gasteiger partial charge in [-0.2, -0.15) is 0 Å². The molecule has 0 aliphatic rings. The van der Waals surface area contributed by atoms with E-state index >= 15 is 0 Å². The van der Waals surface area contributed by atoms with Crippen LogP contribution in [0.4, 0.5) is 0 Å². The molecule has 2 aromatic carbocycles. The van der Waals surface area contributed by atoms with E-state index in [0.29, 0.717) is 5.02 Å². The Morgan fingerprint density at radius 2 is 1.53 bits per heavy atom. The van der Waals surface area contributed by atoms with E-state index in [0.717, 1.165) is 21.2 Å². The fourth-order valence-electron chi connectivity index (χ4n) is 1.62. The lowest BCUT2D eigenvalue weighted by molar-refractivity contribution is 1.52. The monoisotopic (exact) mass is 326 g/mol. The Bertz CT molecular complexity index is 514. The van der Waals surface area contributed by atoms with E-state index in [-0.39, 0.29) is 0 Å². The van der Waals surface area contributed by atoms with Crippen LogP contribution >= 0.6 is 39.1 Å². The predicted molar refractivity (Wildman–Crippen MR) is 78.5 cm³/mol. The molecule has 0 saturated heterocycles. The molecule has 0 aromatic heterocycles. The summed E-state index contributed by atoms with van der Waals surface area (Å²) in [5, 5.41) is 0.690. The minimum Gasteiger partial charge on any atom is -0.0923 e. The van der Waals surface area contributed by atoms with Crippen LogP contribution in [0.5, 0.6) is 0 Å². The highest BCUT2D eigenvalue weighted by molar-refractivity contribution is 9.10. The van der Waals surface area contributed by atoms with Crippen LogP contribution in [0.1, 0.15) is 11.1 Å². The van der Waals surface area contributed by atoms with Gasteiger partial charge in [-0.05, 0) is 17.7 Å². The summed E-state index contributed by atoms with van der Waals surface area (Å²) in [4.78, 5) is 0. The molecule has 0 N–H and O–H groups in total. The van der Waals surface area contributed by atoms with Crippen molar-refractivity contribution in [2.24, 2.45) is 0 Å². The molecule has 86 valence electrons. The standard InChI is InChI=1S/C14H9BrCl2/c15-13-7-3-1-5-10(13)12(9-16)11-6-2-4-8-14(11)17/h1-9H. The Morgan fingerprint density at radius 3 is 2.12 bits per heavy atom. The summed E-state index contributed by atoms with van der Waals surface area (Å²) in [6.45, 7) is 0. The van der Waals surface area contributed by atoms with Crippen LogP contribution in [0.2, 0.25) is 5.02 Å². The van der Waals surface area contributed by atoms with Crippen LogP contribution in [-0.4, -0.2) is 0 Å². The van der Waals surface area contributed by atoms with Crippen molar-refractivity contribution in [3.8, 4) is 0 Å². The van der Waals surface area contributed by atoms with Crippen molar-refractivity contribution in [2.45, 2.75) is 0 Å². The molecule has 0 atom stereocenters. The van der Waals surface area contributed by atoms with E-state index in [4.69, 9.17) is 23.2 Å². The molecule has 0 bridgehead atoms. The minimum atomic E-state index is 0.690. The van der Waals surface area contributed by atoms with Crippen LogP contribution in [0.15, 0.2) is 58.5 Å². The van der Waals surface area contributed by atoms with E-state index in [1.165, 1.54) is 0 Å². The van der Waals surface area contributed by atoms with Gasteiger partial charge >= 0.3 is 0 Å². The van der Waals surface area contributed by atoms with Crippen molar-refractivity contribution < 1.29 is 0 Å². The highest BCUT2D eigenvalue weighted by Gasteiger charge is 2.10. The fraction of sp³-hybridized carbons (Fsp3) is 0. The second kappa shape index (κ2) is 5.72. The van der Waals surface area contributed by atoms with Crippen LogP contribution in [0.25, 0.3) is 5.57 Å². The molecule has 0 aliphatic heterocycles. The highest BCUT2D eigenvalue weighted by atomic mass is 79.9. The highest BCUT2D eigenvalue weighted by Crippen LogP contribution is 2.33. The molecular weight excluding hydrogens is 319 g/mol. The molecule has 0 radical (unpaired) electrons. The van der Waals surface area contributed by atoms with Crippen LogP contribution in [0.3, 0.4) is 0 Å².